The Balaban J connectivity index is 1.51. The Morgan fingerprint density at radius 2 is 1.91 bits per heavy atom. The number of rotatable bonds is 13. The summed E-state index contributed by atoms with van der Waals surface area (Å²) in [5.41, 5.74) is 1.65. The van der Waals surface area contributed by atoms with Crippen molar-refractivity contribution in [1.29, 1.82) is 0 Å². The number of hydrogen-bond acceptors (Lipinski definition) is 6. The molecule has 0 aliphatic rings. The van der Waals surface area contributed by atoms with Crippen molar-refractivity contribution in [2.24, 2.45) is 0 Å². The lowest BCUT2D eigenvalue weighted by Gasteiger charge is -2.10. The molecule has 170 valence electrons. The predicted octanol–water partition coefficient (Wildman–Crippen LogP) is 6.18. The second-order valence-electron chi connectivity index (χ2n) is 7.50. The summed E-state index contributed by atoms with van der Waals surface area (Å²) < 4.78 is 6.07. The number of ether oxygens (including phenoxy) is 1. The first kappa shape index (κ1) is 23.9. The largest absolute Gasteiger partial charge is 0.488 e. The lowest BCUT2D eigenvalue weighted by molar-refractivity contribution is -0.136. The third kappa shape index (κ3) is 7.46. The monoisotopic (exact) mass is 472 g/mol. The number of nitrogens with one attached hydrogen (secondary N) is 1. The minimum absolute atomic E-state index is 0.160. The molecular formula is C24H28N2O4S2. The first-order chi connectivity index (χ1) is 15.5. The van der Waals surface area contributed by atoms with Crippen LogP contribution in [0.4, 0.5) is 5.13 Å². The van der Waals surface area contributed by atoms with E-state index in [1.54, 1.807) is 11.4 Å². The summed E-state index contributed by atoms with van der Waals surface area (Å²) in [6.07, 6.45) is 7.07. The molecule has 0 saturated carbocycles. The Morgan fingerprint density at radius 3 is 2.72 bits per heavy atom. The van der Waals surface area contributed by atoms with Gasteiger partial charge < -0.3 is 9.84 Å². The van der Waals surface area contributed by atoms with Crippen LogP contribution in [-0.4, -0.2) is 22.0 Å². The number of benzene rings is 1. The van der Waals surface area contributed by atoms with Crippen molar-refractivity contribution in [2.45, 2.75) is 58.5 Å². The number of aromatic nitrogens is 1. The molecule has 0 spiro atoms. The molecule has 0 aliphatic carbocycles. The van der Waals surface area contributed by atoms with Gasteiger partial charge in [-0.3, -0.25) is 14.9 Å². The third-order valence-electron chi connectivity index (χ3n) is 4.88. The van der Waals surface area contributed by atoms with Gasteiger partial charge in [-0.2, -0.15) is 0 Å². The number of anilines is 1. The van der Waals surface area contributed by atoms with E-state index in [1.165, 1.54) is 53.9 Å². The molecule has 1 amide bonds. The zero-order chi connectivity index (χ0) is 22.8. The van der Waals surface area contributed by atoms with E-state index < -0.39 is 5.97 Å². The fraction of sp³-hybridized carbons (Fsp3) is 0.375. The number of carboxylic acid groups (broad SMARTS) is 1. The van der Waals surface area contributed by atoms with Crippen molar-refractivity contribution in [1.82, 2.24) is 4.98 Å². The van der Waals surface area contributed by atoms with Gasteiger partial charge in [-0.25, -0.2) is 4.98 Å². The van der Waals surface area contributed by atoms with E-state index >= 15 is 0 Å². The van der Waals surface area contributed by atoms with Gasteiger partial charge >= 0.3 is 5.97 Å². The zero-order valence-corrected chi connectivity index (χ0v) is 19.8. The van der Waals surface area contributed by atoms with Crippen molar-refractivity contribution < 1.29 is 19.4 Å². The summed E-state index contributed by atoms with van der Waals surface area (Å²) in [6, 6.07) is 11.8. The Kier molecular flexibility index (Phi) is 9.25. The standard InChI is InChI=1S/C24H28N2O4S2/c1-2-3-4-5-6-9-17-10-7-8-11-20(17)30-15-19-12-13-21(32-19)23(29)26-24-25-18(16-31-24)14-22(27)28/h7-8,10-13,16H,2-6,9,14-15H2,1H3,(H,27,28)(H,25,26,29). The van der Waals surface area contributed by atoms with Crippen molar-refractivity contribution >= 4 is 39.7 Å². The van der Waals surface area contributed by atoms with Gasteiger partial charge in [0.15, 0.2) is 5.13 Å². The van der Waals surface area contributed by atoms with Crippen molar-refractivity contribution in [2.75, 3.05) is 5.32 Å². The summed E-state index contributed by atoms with van der Waals surface area (Å²) in [7, 11) is 0. The van der Waals surface area contributed by atoms with Gasteiger partial charge in [0.2, 0.25) is 0 Å². The molecule has 1 aromatic carbocycles. The molecular weight excluding hydrogens is 444 g/mol. The second-order valence-corrected chi connectivity index (χ2v) is 9.52. The molecule has 0 unspecified atom stereocenters. The highest BCUT2D eigenvalue weighted by Crippen LogP contribution is 2.25. The van der Waals surface area contributed by atoms with Gasteiger partial charge in [-0.05, 0) is 36.6 Å². The second kappa shape index (κ2) is 12.4. The van der Waals surface area contributed by atoms with E-state index in [4.69, 9.17) is 9.84 Å². The SMILES string of the molecule is CCCCCCCc1ccccc1OCc1ccc(C(=O)Nc2nc(CC(=O)O)cs2)s1. The molecule has 0 bridgehead atoms. The molecule has 0 fully saturated rings. The van der Waals surface area contributed by atoms with Crippen LogP contribution >= 0.6 is 22.7 Å². The quantitative estimate of drug-likeness (QED) is 0.290. The number of aliphatic carboxylic acids is 1. The molecule has 2 heterocycles. The Labute approximate surface area is 196 Å². The smallest absolute Gasteiger partial charge is 0.309 e. The Hall–Kier alpha value is -2.71. The highest BCUT2D eigenvalue weighted by atomic mass is 32.1. The molecule has 0 aliphatic heterocycles. The maximum atomic E-state index is 12.5. The summed E-state index contributed by atoms with van der Waals surface area (Å²) in [6.45, 7) is 2.63. The van der Waals surface area contributed by atoms with Gasteiger partial charge in [-0.15, -0.1) is 22.7 Å². The van der Waals surface area contributed by atoms with E-state index in [-0.39, 0.29) is 12.3 Å². The van der Waals surface area contributed by atoms with Crippen LogP contribution in [0.15, 0.2) is 41.8 Å². The average Bonchev–Trinajstić information content (AvgIpc) is 3.42. The number of thiophene rings is 1. The Bertz CT molecular complexity index is 1030. The average molecular weight is 473 g/mol. The minimum atomic E-state index is -0.950. The highest BCUT2D eigenvalue weighted by molar-refractivity contribution is 7.15. The molecule has 0 saturated heterocycles. The van der Waals surface area contributed by atoms with Crippen LogP contribution in [0.5, 0.6) is 5.75 Å². The van der Waals surface area contributed by atoms with Crippen LogP contribution in [0.1, 0.15) is 64.8 Å². The van der Waals surface area contributed by atoms with E-state index in [1.807, 2.05) is 24.3 Å². The van der Waals surface area contributed by atoms with Crippen LogP contribution in [0.2, 0.25) is 0 Å². The summed E-state index contributed by atoms with van der Waals surface area (Å²) in [4.78, 5) is 28.9. The normalized spacial score (nSPS) is 10.8. The number of nitrogens with zero attached hydrogens (tertiary/aromatic N) is 1. The molecule has 2 aromatic heterocycles. The van der Waals surface area contributed by atoms with Crippen LogP contribution in [0, 0.1) is 0 Å². The van der Waals surface area contributed by atoms with Crippen LogP contribution in [0.25, 0.3) is 0 Å². The number of aryl methyl sites for hydroxylation is 1. The molecule has 6 nitrogen and oxygen atoms in total. The number of thiazole rings is 1. The van der Waals surface area contributed by atoms with Crippen molar-refractivity contribution in [3.05, 3.63) is 62.8 Å². The third-order valence-corrected chi connectivity index (χ3v) is 6.75. The minimum Gasteiger partial charge on any atom is -0.488 e. The molecule has 0 radical (unpaired) electrons. The van der Waals surface area contributed by atoms with Crippen molar-refractivity contribution in [3.63, 3.8) is 0 Å². The maximum Gasteiger partial charge on any atom is 0.309 e. The summed E-state index contributed by atoms with van der Waals surface area (Å²) in [5.74, 6) is -0.310. The lowest BCUT2D eigenvalue weighted by Crippen LogP contribution is -2.10. The summed E-state index contributed by atoms with van der Waals surface area (Å²) >= 11 is 2.59. The first-order valence-corrected chi connectivity index (χ1v) is 12.5. The molecule has 0 atom stereocenters. The predicted molar refractivity (Wildman–Crippen MR) is 129 cm³/mol. The van der Waals surface area contributed by atoms with Crippen LogP contribution in [-0.2, 0) is 24.2 Å². The topological polar surface area (TPSA) is 88.5 Å². The van der Waals surface area contributed by atoms with Gasteiger partial charge in [0.25, 0.3) is 5.91 Å². The fourth-order valence-electron chi connectivity index (χ4n) is 3.26. The van der Waals surface area contributed by atoms with Gasteiger partial charge in [-0.1, -0.05) is 50.8 Å². The van der Waals surface area contributed by atoms with E-state index in [9.17, 15) is 9.59 Å². The molecule has 3 aromatic rings. The van der Waals surface area contributed by atoms with Gasteiger partial charge in [0, 0.05) is 10.3 Å². The molecule has 8 heteroatoms. The van der Waals surface area contributed by atoms with E-state index in [0.29, 0.717) is 22.3 Å². The maximum absolute atomic E-state index is 12.5. The Morgan fingerprint density at radius 1 is 1.09 bits per heavy atom. The van der Waals surface area contributed by atoms with E-state index in [0.717, 1.165) is 23.5 Å². The molecule has 3 rings (SSSR count). The number of carbonyl (C=O) groups excluding carboxylic acids is 1. The lowest BCUT2D eigenvalue weighted by atomic mass is 10.0. The number of carboxylic acids is 1. The summed E-state index contributed by atoms with van der Waals surface area (Å²) in [5, 5.41) is 13.6. The van der Waals surface area contributed by atoms with Crippen LogP contribution in [0.3, 0.4) is 0 Å². The molecule has 2 N–H and O–H groups in total. The van der Waals surface area contributed by atoms with Crippen LogP contribution < -0.4 is 10.1 Å². The number of unbranched alkanes of at least 4 members (excludes halogenated alkanes) is 4. The van der Waals surface area contributed by atoms with Gasteiger partial charge in [0.05, 0.1) is 17.0 Å². The number of amides is 1. The number of hydrogen-bond donors (Lipinski definition) is 2. The molecule has 32 heavy (non-hydrogen) atoms. The fourth-order valence-corrected chi connectivity index (χ4v) is 4.78. The van der Waals surface area contributed by atoms with Gasteiger partial charge in [0.1, 0.15) is 12.4 Å². The van der Waals surface area contributed by atoms with Crippen molar-refractivity contribution in [3.8, 4) is 5.75 Å². The zero-order valence-electron chi connectivity index (χ0n) is 18.1. The highest BCUT2D eigenvalue weighted by Gasteiger charge is 2.13. The van der Waals surface area contributed by atoms with E-state index in [2.05, 4.69) is 23.3 Å². The first-order valence-electron chi connectivity index (χ1n) is 10.8. The number of para-hydroxylation sites is 1. The number of carbonyl (C=O) groups is 2.